The van der Waals surface area contributed by atoms with Gasteiger partial charge in [0.15, 0.2) is 5.82 Å². The summed E-state index contributed by atoms with van der Waals surface area (Å²) in [6, 6.07) is 5.40. The molecule has 2 rings (SSSR count). The maximum absolute atomic E-state index is 13.6. The molecule has 1 aromatic carbocycles. The average Bonchev–Trinajstić information content (AvgIpc) is 2.81. The van der Waals surface area contributed by atoms with Crippen LogP contribution in [0.1, 0.15) is 26.5 Å². The van der Waals surface area contributed by atoms with Gasteiger partial charge in [0, 0.05) is 16.0 Å². The predicted octanol–water partition coefficient (Wildman–Crippen LogP) is 4.52. The van der Waals surface area contributed by atoms with E-state index in [1.54, 1.807) is 12.1 Å². The van der Waals surface area contributed by atoms with Crippen LogP contribution in [0.15, 0.2) is 33.3 Å². The van der Waals surface area contributed by atoms with E-state index >= 15 is 0 Å². The number of benzene rings is 1. The summed E-state index contributed by atoms with van der Waals surface area (Å²) in [5.74, 6) is 0.387. The lowest BCUT2D eigenvalue weighted by Gasteiger charge is -2.12. The third-order valence-corrected chi connectivity index (χ3v) is 3.16. The molecule has 0 atom stereocenters. The lowest BCUT2D eigenvalue weighted by molar-refractivity contribution is 0.261. The number of hydrogen-bond acceptors (Lipinski definition) is 3. The van der Waals surface area contributed by atoms with Crippen LogP contribution < -0.4 is 10.6 Å². The zero-order valence-corrected chi connectivity index (χ0v) is 13.4. The molecule has 0 saturated heterocycles. The van der Waals surface area contributed by atoms with Gasteiger partial charge in [-0.1, -0.05) is 41.9 Å². The Balaban J connectivity index is 2.03. The minimum Gasteiger partial charge on any atom is -0.359 e. The SMILES string of the molecule is CC(C)(C)c1cc(NC(=O)Nc2ccc(Br)cc2F)no1. The number of aromatic nitrogens is 1. The van der Waals surface area contributed by atoms with E-state index in [2.05, 4.69) is 31.7 Å². The number of anilines is 2. The lowest BCUT2D eigenvalue weighted by Crippen LogP contribution is -2.20. The van der Waals surface area contributed by atoms with Crippen molar-refractivity contribution in [2.75, 3.05) is 10.6 Å². The van der Waals surface area contributed by atoms with E-state index in [-0.39, 0.29) is 16.9 Å². The first-order chi connectivity index (χ1) is 9.75. The van der Waals surface area contributed by atoms with Crippen molar-refractivity contribution in [3.8, 4) is 0 Å². The summed E-state index contributed by atoms with van der Waals surface area (Å²) in [5, 5.41) is 8.65. The minimum absolute atomic E-state index is 0.0789. The van der Waals surface area contributed by atoms with Gasteiger partial charge >= 0.3 is 6.03 Å². The van der Waals surface area contributed by atoms with Gasteiger partial charge in [-0.15, -0.1) is 0 Å². The third-order valence-electron chi connectivity index (χ3n) is 2.67. The zero-order chi connectivity index (χ0) is 15.6. The summed E-state index contributed by atoms with van der Waals surface area (Å²) in [5.41, 5.74) is -0.128. The van der Waals surface area contributed by atoms with E-state index < -0.39 is 11.8 Å². The van der Waals surface area contributed by atoms with E-state index in [9.17, 15) is 9.18 Å². The highest BCUT2D eigenvalue weighted by Crippen LogP contribution is 2.24. The molecule has 2 aromatic rings. The summed E-state index contributed by atoms with van der Waals surface area (Å²) in [4.78, 5) is 11.8. The molecule has 0 aliphatic rings. The second-order valence-electron chi connectivity index (χ2n) is 5.53. The van der Waals surface area contributed by atoms with Crippen molar-refractivity contribution in [3.63, 3.8) is 0 Å². The fourth-order valence-electron chi connectivity index (χ4n) is 1.55. The third kappa shape index (κ3) is 4.04. The Labute approximate surface area is 130 Å². The highest BCUT2D eigenvalue weighted by Gasteiger charge is 2.20. The largest absolute Gasteiger partial charge is 0.359 e. The van der Waals surface area contributed by atoms with Gasteiger partial charge in [-0.25, -0.2) is 9.18 Å². The first kappa shape index (κ1) is 15.5. The molecular weight excluding hydrogens is 341 g/mol. The molecule has 112 valence electrons. The highest BCUT2D eigenvalue weighted by molar-refractivity contribution is 9.10. The molecule has 0 aliphatic carbocycles. The standard InChI is InChI=1S/C14H15BrFN3O2/c1-14(2,3)11-7-12(19-21-11)18-13(20)17-10-5-4-8(15)6-9(10)16/h4-7H,1-3H3,(H2,17,18,19,20). The zero-order valence-electron chi connectivity index (χ0n) is 11.8. The van der Waals surface area contributed by atoms with Crippen LogP contribution >= 0.6 is 15.9 Å². The average molecular weight is 356 g/mol. The number of urea groups is 1. The lowest BCUT2D eigenvalue weighted by atomic mass is 9.93. The first-order valence-electron chi connectivity index (χ1n) is 6.26. The van der Waals surface area contributed by atoms with Gasteiger partial charge in [0.25, 0.3) is 0 Å². The van der Waals surface area contributed by atoms with Crippen LogP contribution in [0.3, 0.4) is 0 Å². The molecule has 2 N–H and O–H groups in total. The Morgan fingerprint density at radius 1 is 1.29 bits per heavy atom. The molecule has 0 fully saturated rings. The Morgan fingerprint density at radius 2 is 2.00 bits per heavy atom. The molecule has 1 aromatic heterocycles. The number of amides is 2. The topological polar surface area (TPSA) is 67.2 Å². The quantitative estimate of drug-likeness (QED) is 0.832. The normalized spacial score (nSPS) is 11.3. The minimum atomic E-state index is -0.593. The van der Waals surface area contributed by atoms with E-state index in [1.807, 2.05) is 20.8 Å². The van der Waals surface area contributed by atoms with Crippen molar-refractivity contribution in [1.82, 2.24) is 5.16 Å². The van der Waals surface area contributed by atoms with Gasteiger partial charge in [0.05, 0.1) is 5.69 Å². The Kier molecular flexibility index (Phi) is 4.32. The van der Waals surface area contributed by atoms with Crippen LogP contribution in [0, 0.1) is 5.82 Å². The highest BCUT2D eigenvalue weighted by atomic mass is 79.9. The molecule has 2 amide bonds. The number of rotatable bonds is 2. The molecule has 0 saturated carbocycles. The van der Waals surface area contributed by atoms with E-state index in [4.69, 9.17) is 4.52 Å². The molecule has 21 heavy (non-hydrogen) atoms. The molecule has 5 nitrogen and oxygen atoms in total. The molecule has 0 bridgehead atoms. The smallest absolute Gasteiger partial charge is 0.325 e. The Hall–Kier alpha value is -1.89. The summed E-state index contributed by atoms with van der Waals surface area (Å²) in [6.45, 7) is 5.90. The van der Waals surface area contributed by atoms with E-state index in [0.717, 1.165) is 0 Å². The maximum Gasteiger partial charge on any atom is 0.325 e. The van der Waals surface area contributed by atoms with Crippen molar-refractivity contribution in [2.24, 2.45) is 0 Å². The summed E-state index contributed by atoms with van der Waals surface area (Å²) in [7, 11) is 0. The summed E-state index contributed by atoms with van der Waals surface area (Å²) in [6.07, 6.45) is 0. The van der Waals surface area contributed by atoms with Crippen molar-refractivity contribution in [3.05, 3.63) is 40.3 Å². The number of carbonyl (C=O) groups excluding carboxylic acids is 1. The fraction of sp³-hybridized carbons (Fsp3) is 0.286. The van der Waals surface area contributed by atoms with Crippen molar-refractivity contribution >= 4 is 33.5 Å². The molecule has 7 heteroatoms. The first-order valence-corrected chi connectivity index (χ1v) is 7.05. The van der Waals surface area contributed by atoms with Gasteiger partial charge in [-0.05, 0) is 18.2 Å². The maximum atomic E-state index is 13.6. The number of hydrogen-bond donors (Lipinski definition) is 2. The van der Waals surface area contributed by atoms with E-state index in [1.165, 1.54) is 12.1 Å². The van der Waals surface area contributed by atoms with Crippen LogP contribution in [0.2, 0.25) is 0 Å². The van der Waals surface area contributed by atoms with E-state index in [0.29, 0.717) is 10.2 Å². The Bertz CT molecular complexity index is 664. The fourth-order valence-corrected chi connectivity index (χ4v) is 1.88. The second kappa shape index (κ2) is 5.85. The van der Waals surface area contributed by atoms with Gasteiger partial charge < -0.3 is 9.84 Å². The van der Waals surface area contributed by atoms with Crippen LogP contribution in [0.4, 0.5) is 20.7 Å². The number of halogens is 2. The molecule has 0 radical (unpaired) electrons. The van der Waals surface area contributed by atoms with Gasteiger partial charge in [0.2, 0.25) is 0 Å². The van der Waals surface area contributed by atoms with Crippen LogP contribution in [0.25, 0.3) is 0 Å². The number of nitrogens with zero attached hydrogens (tertiary/aromatic N) is 1. The van der Waals surface area contributed by atoms with Crippen molar-refractivity contribution in [1.29, 1.82) is 0 Å². The predicted molar refractivity (Wildman–Crippen MR) is 81.9 cm³/mol. The number of carbonyl (C=O) groups is 1. The van der Waals surface area contributed by atoms with Crippen molar-refractivity contribution < 1.29 is 13.7 Å². The Morgan fingerprint density at radius 3 is 2.57 bits per heavy atom. The molecular formula is C14H15BrFN3O2. The van der Waals surface area contributed by atoms with Gasteiger partial charge in [-0.3, -0.25) is 5.32 Å². The van der Waals surface area contributed by atoms with Crippen LogP contribution in [-0.2, 0) is 5.41 Å². The second-order valence-corrected chi connectivity index (χ2v) is 6.45. The van der Waals surface area contributed by atoms with Gasteiger partial charge in [-0.2, -0.15) is 0 Å². The summed E-state index contributed by atoms with van der Waals surface area (Å²) < 4.78 is 19.3. The summed E-state index contributed by atoms with van der Waals surface area (Å²) >= 11 is 3.15. The van der Waals surface area contributed by atoms with Crippen LogP contribution in [-0.4, -0.2) is 11.2 Å². The monoisotopic (exact) mass is 355 g/mol. The van der Waals surface area contributed by atoms with Crippen molar-refractivity contribution in [2.45, 2.75) is 26.2 Å². The van der Waals surface area contributed by atoms with Gasteiger partial charge in [0.1, 0.15) is 11.6 Å². The van der Waals surface area contributed by atoms with Crippen LogP contribution in [0.5, 0.6) is 0 Å². The molecule has 0 unspecified atom stereocenters. The molecule has 1 heterocycles. The molecule has 0 aliphatic heterocycles. The number of nitrogens with one attached hydrogen (secondary N) is 2. The molecule has 0 spiro atoms.